The molecule has 2 aromatic carbocycles. The van der Waals surface area contributed by atoms with Crippen LogP contribution in [0.5, 0.6) is 5.75 Å². The Labute approximate surface area is 273 Å². The van der Waals surface area contributed by atoms with E-state index >= 15 is 0 Å². The first-order valence-electron chi connectivity index (χ1n) is 14.5. The lowest BCUT2D eigenvalue weighted by Crippen LogP contribution is -2.60. The number of aliphatic carboxylic acids is 1. The SMILES string of the molecule is Cc1nc(N2CCN(S(=O)(=O)c3ccc(OC(F)(F)F)cc3)[C@@H](C(=O)NCc3ccc(C(C)C)cc3)C2)sc1C(=O)NCCC(=O)O. The molecule has 0 aliphatic carbocycles. The molecule has 0 radical (unpaired) electrons. The number of aryl methyl sites for hydroxylation is 1. The van der Waals surface area contributed by atoms with Crippen LogP contribution < -0.4 is 20.3 Å². The van der Waals surface area contributed by atoms with Gasteiger partial charge in [-0.3, -0.25) is 14.4 Å². The van der Waals surface area contributed by atoms with Gasteiger partial charge in [-0.1, -0.05) is 49.4 Å². The van der Waals surface area contributed by atoms with Crippen LogP contribution in [-0.2, 0) is 26.2 Å². The smallest absolute Gasteiger partial charge is 0.481 e. The average Bonchev–Trinajstić information content (AvgIpc) is 3.40. The number of carbonyl (C=O) groups excluding carboxylic acids is 2. The number of sulfonamides is 1. The summed E-state index contributed by atoms with van der Waals surface area (Å²) in [6.45, 7) is 5.51. The van der Waals surface area contributed by atoms with Crippen LogP contribution in [0.25, 0.3) is 0 Å². The molecule has 1 fully saturated rings. The molecule has 1 aliphatic rings. The van der Waals surface area contributed by atoms with Crippen LogP contribution in [0.4, 0.5) is 18.3 Å². The van der Waals surface area contributed by atoms with Crippen LogP contribution in [0, 0.1) is 6.92 Å². The minimum absolute atomic E-state index is 0.0802. The van der Waals surface area contributed by atoms with Gasteiger partial charge in [0.25, 0.3) is 5.91 Å². The lowest BCUT2D eigenvalue weighted by atomic mass is 10.0. The van der Waals surface area contributed by atoms with Crippen LogP contribution in [0.15, 0.2) is 53.4 Å². The molecular formula is C30H34F3N5O7S2. The molecule has 3 N–H and O–H groups in total. The van der Waals surface area contributed by atoms with Crippen molar-refractivity contribution in [2.75, 3.05) is 31.1 Å². The fourth-order valence-electron chi connectivity index (χ4n) is 4.81. The third-order valence-electron chi connectivity index (χ3n) is 7.30. The second kappa shape index (κ2) is 14.7. The summed E-state index contributed by atoms with van der Waals surface area (Å²) >= 11 is 1.02. The normalized spacial score (nSPS) is 15.8. The summed E-state index contributed by atoms with van der Waals surface area (Å²) in [5.74, 6) is -2.47. The summed E-state index contributed by atoms with van der Waals surface area (Å²) in [6, 6.07) is 10.1. The zero-order chi connectivity index (χ0) is 34.5. The summed E-state index contributed by atoms with van der Waals surface area (Å²) < 4.78 is 70.3. The molecule has 12 nitrogen and oxygen atoms in total. The van der Waals surface area contributed by atoms with E-state index in [1.54, 1.807) is 11.8 Å². The molecule has 1 aliphatic heterocycles. The molecule has 2 amide bonds. The predicted octanol–water partition coefficient (Wildman–Crippen LogP) is 3.87. The molecule has 0 bridgehead atoms. The number of ether oxygens (including phenoxy) is 1. The number of aromatic nitrogens is 1. The third kappa shape index (κ3) is 9.20. The number of carbonyl (C=O) groups is 3. The summed E-state index contributed by atoms with van der Waals surface area (Å²) in [6.07, 6.45) is -5.22. The van der Waals surface area contributed by atoms with Gasteiger partial charge in [-0.2, -0.15) is 4.31 Å². The number of halogens is 3. The first-order chi connectivity index (χ1) is 22.0. The standard InChI is InChI=1S/C30H34F3N5O7S2/c1-18(2)21-6-4-20(5-7-21)16-35-27(41)24-17-37(29-36-19(3)26(46-29)28(42)34-13-12-25(39)40)14-15-38(24)47(43,44)23-10-8-22(9-11-23)45-30(31,32)33/h4-11,18,24H,12-17H2,1-3H3,(H,34,42)(H,35,41)(H,39,40)/t24-/m1/s1. The van der Waals surface area contributed by atoms with E-state index in [1.807, 2.05) is 24.3 Å². The molecule has 1 aromatic heterocycles. The molecule has 2 heterocycles. The fraction of sp³-hybridized carbons (Fsp3) is 0.400. The lowest BCUT2D eigenvalue weighted by molar-refractivity contribution is -0.274. The Kier molecular flexibility index (Phi) is 11.1. The molecule has 47 heavy (non-hydrogen) atoms. The first-order valence-corrected chi connectivity index (χ1v) is 16.8. The van der Waals surface area contributed by atoms with E-state index in [-0.39, 0.29) is 48.9 Å². The van der Waals surface area contributed by atoms with Crippen molar-refractivity contribution >= 4 is 44.3 Å². The van der Waals surface area contributed by atoms with Crippen LogP contribution in [0.1, 0.15) is 52.7 Å². The first kappa shape index (κ1) is 35.6. The van der Waals surface area contributed by atoms with E-state index in [1.165, 1.54) is 0 Å². The Morgan fingerprint density at radius 1 is 1.06 bits per heavy atom. The summed E-state index contributed by atoms with van der Waals surface area (Å²) in [4.78, 5) is 43.2. The largest absolute Gasteiger partial charge is 0.573 e. The van der Waals surface area contributed by atoms with E-state index in [2.05, 4.69) is 34.2 Å². The van der Waals surface area contributed by atoms with Gasteiger partial charge in [0.1, 0.15) is 16.7 Å². The topological polar surface area (TPSA) is 158 Å². The Morgan fingerprint density at radius 3 is 2.32 bits per heavy atom. The number of anilines is 1. The second-order valence-electron chi connectivity index (χ2n) is 11.0. The van der Waals surface area contributed by atoms with E-state index < -0.39 is 46.0 Å². The zero-order valence-electron chi connectivity index (χ0n) is 25.7. The zero-order valence-corrected chi connectivity index (χ0v) is 27.3. The maximum atomic E-state index is 13.8. The molecule has 254 valence electrons. The highest BCUT2D eigenvalue weighted by Gasteiger charge is 2.41. The van der Waals surface area contributed by atoms with Gasteiger partial charge < -0.3 is 25.4 Å². The molecular weight excluding hydrogens is 663 g/mol. The minimum atomic E-state index is -4.96. The summed E-state index contributed by atoms with van der Waals surface area (Å²) in [7, 11) is -4.37. The second-order valence-corrected chi connectivity index (χ2v) is 13.9. The highest BCUT2D eigenvalue weighted by atomic mass is 32.2. The number of hydrogen-bond acceptors (Lipinski definition) is 9. The van der Waals surface area contributed by atoms with Crippen LogP contribution in [-0.4, -0.2) is 79.2 Å². The molecule has 17 heteroatoms. The highest BCUT2D eigenvalue weighted by molar-refractivity contribution is 7.89. The van der Waals surface area contributed by atoms with Crippen molar-refractivity contribution in [1.29, 1.82) is 0 Å². The number of nitrogens with one attached hydrogen (secondary N) is 2. The quantitative estimate of drug-likeness (QED) is 0.256. The number of carboxylic acids is 1. The number of hydrogen-bond donors (Lipinski definition) is 3. The van der Waals surface area contributed by atoms with E-state index in [4.69, 9.17) is 5.11 Å². The monoisotopic (exact) mass is 697 g/mol. The Bertz CT molecular complexity index is 1700. The van der Waals surface area contributed by atoms with Gasteiger partial charge in [0.2, 0.25) is 15.9 Å². The number of benzene rings is 2. The predicted molar refractivity (Wildman–Crippen MR) is 167 cm³/mol. The van der Waals surface area contributed by atoms with Gasteiger partial charge in [0.15, 0.2) is 5.13 Å². The molecule has 1 saturated heterocycles. The number of piperazine rings is 1. The van der Waals surface area contributed by atoms with Gasteiger partial charge in [-0.05, 0) is 48.2 Å². The average molecular weight is 698 g/mol. The summed E-state index contributed by atoms with van der Waals surface area (Å²) in [5.41, 5.74) is 2.28. The number of carboxylic acid groups (broad SMARTS) is 1. The van der Waals surface area contributed by atoms with Crippen molar-refractivity contribution < 1.29 is 45.8 Å². The molecule has 3 aromatic rings. The Balaban J connectivity index is 1.58. The summed E-state index contributed by atoms with van der Waals surface area (Å²) in [5, 5.41) is 14.5. The molecule has 0 saturated carbocycles. The van der Waals surface area contributed by atoms with E-state index in [9.17, 15) is 36.0 Å². The van der Waals surface area contributed by atoms with Crippen molar-refractivity contribution in [3.8, 4) is 5.75 Å². The highest BCUT2D eigenvalue weighted by Crippen LogP contribution is 2.31. The molecule has 0 spiro atoms. The van der Waals surface area contributed by atoms with Crippen molar-refractivity contribution in [2.45, 2.75) is 57.0 Å². The maximum absolute atomic E-state index is 13.8. The van der Waals surface area contributed by atoms with Crippen molar-refractivity contribution in [2.24, 2.45) is 0 Å². The Morgan fingerprint density at radius 2 is 1.72 bits per heavy atom. The number of alkyl halides is 3. The van der Waals surface area contributed by atoms with Gasteiger partial charge in [-0.25, -0.2) is 13.4 Å². The maximum Gasteiger partial charge on any atom is 0.573 e. The van der Waals surface area contributed by atoms with Crippen LogP contribution >= 0.6 is 11.3 Å². The van der Waals surface area contributed by atoms with Gasteiger partial charge in [0.05, 0.1) is 17.0 Å². The molecule has 0 unspecified atom stereocenters. The Hall–Kier alpha value is -4.22. The number of amides is 2. The number of nitrogens with zero attached hydrogens (tertiary/aromatic N) is 3. The fourth-order valence-corrected chi connectivity index (χ4v) is 7.40. The van der Waals surface area contributed by atoms with Crippen molar-refractivity contribution in [1.82, 2.24) is 19.9 Å². The number of rotatable bonds is 12. The molecule has 4 rings (SSSR count). The lowest BCUT2D eigenvalue weighted by Gasteiger charge is -2.39. The molecule has 1 atom stereocenters. The third-order valence-corrected chi connectivity index (χ3v) is 10.4. The van der Waals surface area contributed by atoms with Gasteiger partial charge in [0, 0.05) is 32.7 Å². The van der Waals surface area contributed by atoms with Crippen molar-refractivity contribution in [3.63, 3.8) is 0 Å². The van der Waals surface area contributed by atoms with Gasteiger partial charge >= 0.3 is 12.3 Å². The van der Waals surface area contributed by atoms with Gasteiger partial charge in [-0.15, -0.1) is 13.2 Å². The van der Waals surface area contributed by atoms with Crippen LogP contribution in [0.3, 0.4) is 0 Å². The van der Waals surface area contributed by atoms with Crippen molar-refractivity contribution in [3.05, 3.63) is 70.2 Å². The van der Waals surface area contributed by atoms with E-state index in [0.29, 0.717) is 16.7 Å². The van der Waals surface area contributed by atoms with E-state index in [0.717, 1.165) is 51.0 Å². The minimum Gasteiger partial charge on any atom is -0.481 e. The van der Waals surface area contributed by atoms with Crippen LogP contribution in [0.2, 0.25) is 0 Å². The number of thiazole rings is 1.